The summed E-state index contributed by atoms with van der Waals surface area (Å²) in [5.74, 6) is 0.425. The van der Waals surface area contributed by atoms with E-state index in [1.165, 1.54) is 7.11 Å². The van der Waals surface area contributed by atoms with Crippen molar-refractivity contribution in [2.24, 2.45) is 0 Å². The van der Waals surface area contributed by atoms with Crippen LogP contribution in [0.4, 0.5) is 13.2 Å². The first kappa shape index (κ1) is 16.2. The van der Waals surface area contributed by atoms with E-state index in [-0.39, 0.29) is 23.9 Å². The van der Waals surface area contributed by atoms with Crippen LogP contribution in [0.1, 0.15) is 23.6 Å². The molecule has 3 rings (SSSR count). The van der Waals surface area contributed by atoms with Crippen molar-refractivity contribution in [3.63, 3.8) is 0 Å². The van der Waals surface area contributed by atoms with Crippen molar-refractivity contribution in [3.8, 4) is 17.2 Å². The van der Waals surface area contributed by atoms with Gasteiger partial charge in [-0.2, -0.15) is 13.2 Å². The Kier molecular flexibility index (Phi) is 3.64. The van der Waals surface area contributed by atoms with Gasteiger partial charge in [0.25, 0.3) is 0 Å². The average molecular weight is 333 g/mol. The molecule has 8 heteroatoms. The Morgan fingerprint density at radius 3 is 2.43 bits per heavy atom. The zero-order valence-corrected chi connectivity index (χ0v) is 13.1. The van der Waals surface area contributed by atoms with Gasteiger partial charge in [0.2, 0.25) is 12.5 Å². The molecule has 23 heavy (non-hydrogen) atoms. The van der Waals surface area contributed by atoms with E-state index in [1.54, 1.807) is 0 Å². The van der Waals surface area contributed by atoms with E-state index in [0.29, 0.717) is 36.4 Å². The number of alkyl halides is 3. The highest BCUT2D eigenvalue weighted by Gasteiger charge is 2.55. The van der Waals surface area contributed by atoms with E-state index in [2.05, 4.69) is 0 Å². The monoisotopic (exact) mass is 333 g/mol. The van der Waals surface area contributed by atoms with Crippen LogP contribution in [0.15, 0.2) is 0 Å². The Morgan fingerprint density at radius 1 is 1.17 bits per heavy atom. The molecule has 0 saturated carbocycles. The summed E-state index contributed by atoms with van der Waals surface area (Å²) < 4.78 is 56.2. The molecule has 0 fully saturated rings. The Morgan fingerprint density at radius 2 is 1.83 bits per heavy atom. The predicted molar refractivity (Wildman–Crippen MR) is 74.8 cm³/mol. The summed E-state index contributed by atoms with van der Waals surface area (Å²) in [5, 5.41) is 10.3. The highest BCUT2D eigenvalue weighted by atomic mass is 19.4. The lowest BCUT2D eigenvalue weighted by molar-refractivity contribution is -0.259. The maximum absolute atomic E-state index is 13.4. The molecule has 0 bridgehead atoms. The Hall–Kier alpha value is -1.67. The first-order valence-corrected chi connectivity index (χ1v) is 7.18. The Bertz CT molecular complexity index is 643. The van der Waals surface area contributed by atoms with Gasteiger partial charge in [-0.1, -0.05) is 0 Å². The molecular weight excluding hydrogens is 315 g/mol. The predicted octanol–water partition coefficient (Wildman–Crippen LogP) is 2.18. The minimum Gasteiger partial charge on any atom is -0.492 e. The third-order valence-corrected chi connectivity index (χ3v) is 4.40. The summed E-state index contributed by atoms with van der Waals surface area (Å²) in [5.41, 5.74) is -2.27. The topological polar surface area (TPSA) is 51.2 Å². The minimum absolute atomic E-state index is 0.0764. The van der Waals surface area contributed by atoms with Crippen LogP contribution < -0.4 is 14.2 Å². The number of fused-ring (bicyclic) bond motifs is 2. The molecule has 0 radical (unpaired) electrons. The zero-order valence-electron chi connectivity index (χ0n) is 13.1. The standard InChI is InChI=1S/C15H18F3NO4/c1-14(20,15(16,17)18)10-8-4-5-19(2)6-9(8)11(21-3)13-12(10)22-7-23-13/h20H,4-7H2,1-3H3. The molecule has 1 aromatic rings. The fourth-order valence-electron chi connectivity index (χ4n) is 3.16. The van der Waals surface area contributed by atoms with Gasteiger partial charge < -0.3 is 24.2 Å². The van der Waals surface area contributed by atoms with Crippen molar-refractivity contribution in [3.05, 3.63) is 16.7 Å². The summed E-state index contributed by atoms with van der Waals surface area (Å²) in [6.45, 7) is 1.54. The maximum Gasteiger partial charge on any atom is 0.421 e. The van der Waals surface area contributed by atoms with Crippen LogP contribution in [0.3, 0.4) is 0 Å². The number of halogens is 3. The number of aliphatic hydroxyl groups is 1. The first-order valence-electron chi connectivity index (χ1n) is 7.18. The molecule has 0 amide bonds. The summed E-state index contributed by atoms with van der Waals surface area (Å²) >= 11 is 0. The minimum atomic E-state index is -4.83. The van der Waals surface area contributed by atoms with Crippen LogP contribution in [0.25, 0.3) is 0 Å². The molecular formula is C15H18F3NO4. The number of rotatable bonds is 2. The van der Waals surface area contributed by atoms with Gasteiger partial charge >= 0.3 is 6.18 Å². The summed E-state index contributed by atoms with van der Waals surface area (Å²) in [6, 6.07) is 0. The molecule has 1 aromatic carbocycles. The molecule has 2 heterocycles. The smallest absolute Gasteiger partial charge is 0.421 e. The van der Waals surface area contributed by atoms with Crippen LogP contribution >= 0.6 is 0 Å². The molecule has 2 aliphatic rings. The molecule has 0 aliphatic carbocycles. The van der Waals surface area contributed by atoms with Gasteiger partial charge in [-0.25, -0.2) is 0 Å². The molecule has 1 N–H and O–H groups in total. The van der Waals surface area contributed by atoms with Crippen molar-refractivity contribution >= 4 is 0 Å². The number of methoxy groups -OCH3 is 1. The molecule has 2 aliphatic heterocycles. The van der Waals surface area contributed by atoms with Crippen LogP contribution in [-0.2, 0) is 18.6 Å². The summed E-state index contributed by atoms with van der Waals surface area (Å²) in [7, 11) is 3.31. The zero-order chi connectivity index (χ0) is 17.0. The Labute approximate surface area is 131 Å². The summed E-state index contributed by atoms with van der Waals surface area (Å²) in [4.78, 5) is 1.97. The van der Waals surface area contributed by atoms with Gasteiger partial charge in [0.15, 0.2) is 17.1 Å². The van der Waals surface area contributed by atoms with Crippen molar-refractivity contribution in [2.75, 3.05) is 27.5 Å². The van der Waals surface area contributed by atoms with Gasteiger partial charge in [0.1, 0.15) is 0 Å². The normalized spacial score (nSPS) is 20.1. The maximum atomic E-state index is 13.4. The van der Waals surface area contributed by atoms with E-state index in [9.17, 15) is 18.3 Å². The average Bonchev–Trinajstić information content (AvgIpc) is 2.91. The van der Waals surface area contributed by atoms with Crippen molar-refractivity contribution in [1.29, 1.82) is 0 Å². The first-order chi connectivity index (χ1) is 10.7. The second-order valence-corrected chi connectivity index (χ2v) is 5.99. The quantitative estimate of drug-likeness (QED) is 0.899. The molecule has 5 nitrogen and oxygen atoms in total. The largest absolute Gasteiger partial charge is 0.492 e. The van der Waals surface area contributed by atoms with E-state index in [0.717, 1.165) is 6.92 Å². The molecule has 1 unspecified atom stereocenters. The van der Waals surface area contributed by atoms with Gasteiger partial charge in [0.05, 0.1) is 7.11 Å². The lowest BCUT2D eigenvalue weighted by Crippen LogP contribution is -2.41. The number of benzene rings is 1. The Balaban J connectivity index is 2.33. The number of ether oxygens (including phenoxy) is 3. The molecule has 1 atom stereocenters. The number of hydrogen-bond donors (Lipinski definition) is 1. The van der Waals surface area contributed by atoms with Gasteiger partial charge in [-0.05, 0) is 26.0 Å². The molecule has 0 spiro atoms. The van der Waals surface area contributed by atoms with Crippen LogP contribution in [0.2, 0.25) is 0 Å². The van der Waals surface area contributed by atoms with Crippen LogP contribution in [0, 0.1) is 0 Å². The number of hydrogen-bond acceptors (Lipinski definition) is 5. The van der Waals surface area contributed by atoms with Crippen LogP contribution in [0.5, 0.6) is 17.2 Å². The second-order valence-electron chi connectivity index (χ2n) is 5.99. The van der Waals surface area contributed by atoms with E-state index >= 15 is 0 Å². The van der Waals surface area contributed by atoms with Crippen molar-refractivity contribution < 1.29 is 32.5 Å². The summed E-state index contributed by atoms with van der Waals surface area (Å²) in [6.07, 6.45) is -4.47. The molecule has 128 valence electrons. The SMILES string of the molecule is COc1c2c(c(C(C)(O)C(F)(F)F)c3c1OCO3)CCN(C)C2. The highest BCUT2D eigenvalue weighted by Crippen LogP contribution is 2.55. The third kappa shape index (κ3) is 2.31. The fraction of sp³-hybridized carbons (Fsp3) is 0.600. The van der Waals surface area contributed by atoms with E-state index < -0.39 is 11.8 Å². The van der Waals surface area contributed by atoms with Gasteiger partial charge in [0, 0.05) is 24.2 Å². The molecule has 0 saturated heterocycles. The molecule has 0 aromatic heterocycles. The van der Waals surface area contributed by atoms with Gasteiger partial charge in [-0.3, -0.25) is 0 Å². The lowest BCUT2D eigenvalue weighted by Gasteiger charge is -2.35. The second kappa shape index (κ2) is 5.17. The number of likely N-dealkylation sites (N-methyl/N-ethyl adjacent to an activating group) is 1. The van der Waals surface area contributed by atoms with Crippen molar-refractivity contribution in [2.45, 2.75) is 31.7 Å². The van der Waals surface area contributed by atoms with E-state index in [4.69, 9.17) is 14.2 Å². The lowest BCUT2D eigenvalue weighted by atomic mass is 9.83. The van der Waals surface area contributed by atoms with Crippen LogP contribution in [-0.4, -0.2) is 43.7 Å². The van der Waals surface area contributed by atoms with E-state index in [1.807, 2.05) is 11.9 Å². The van der Waals surface area contributed by atoms with Gasteiger partial charge in [-0.15, -0.1) is 0 Å². The van der Waals surface area contributed by atoms with Crippen molar-refractivity contribution in [1.82, 2.24) is 4.90 Å². The highest BCUT2D eigenvalue weighted by molar-refractivity contribution is 5.67. The fourth-order valence-corrected chi connectivity index (χ4v) is 3.16. The third-order valence-electron chi connectivity index (χ3n) is 4.40. The number of nitrogens with zero attached hydrogens (tertiary/aromatic N) is 1.